The number of hydrogen-bond acceptors (Lipinski definition) is 3. The highest BCUT2D eigenvalue weighted by Crippen LogP contribution is 2.60. The summed E-state index contributed by atoms with van der Waals surface area (Å²) in [5.41, 5.74) is 0.227. The van der Waals surface area contributed by atoms with Crippen LogP contribution in [0.15, 0.2) is 18.2 Å². The van der Waals surface area contributed by atoms with Gasteiger partial charge in [0.25, 0.3) is 0 Å². The second-order valence-electron chi connectivity index (χ2n) is 5.60. The predicted octanol–water partition coefficient (Wildman–Crippen LogP) is 2.13. The number of aliphatic carboxylic acids is 1. The summed E-state index contributed by atoms with van der Waals surface area (Å²) in [7, 11) is 1.57. The standard InChI is InChI=1S/C14H17NO3/c1-18-12-4-2-3-11(15-12)8-14(13(16)17)6-9-5-10(9)7-14/h2-4,9-10H,5-8H2,1H3,(H,16,17). The van der Waals surface area contributed by atoms with Crippen molar-refractivity contribution in [3.63, 3.8) is 0 Å². The Kier molecular flexibility index (Phi) is 2.54. The Balaban J connectivity index is 1.82. The predicted molar refractivity (Wildman–Crippen MR) is 65.4 cm³/mol. The van der Waals surface area contributed by atoms with Crippen molar-refractivity contribution in [3.8, 4) is 5.88 Å². The molecule has 0 spiro atoms. The highest BCUT2D eigenvalue weighted by molar-refractivity contribution is 5.76. The summed E-state index contributed by atoms with van der Waals surface area (Å²) in [4.78, 5) is 15.9. The first-order valence-electron chi connectivity index (χ1n) is 6.36. The second-order valence-corrected chi connectivity index (χ2v) is 5.60. The van der Waals surface area contributed by atoms with Crippen LogP contribution in [-0.4, -0.2) is 23.2 Å². The van der Waals surface area contributed by atoms with E-state index in [1.54, 1.807) is 13.2 Å². The van der Waals surface area contributed by atoms with E-state index in [0.29, 0.717) is 24.1 Å². The largest absolute Gasteiger partial charge is 0.481 e. The summed E-state index contributed by atoms with van der Waals surface area (Å²) in [6, 6.07) is 5.53. The molecule has 2 aliphatic carbocycles. The highest BCUT2D eigenvalue weighted by Gasteiger charge is 2.57. The number of carbonyl (C=O) groups is 1. The number of carboxylic acid groups (broad SMARTS) is 1. The van der Waals surface area contributed by atoms with Crippen molar-refractivity contribution >= 4 is 5.97 Å². The first-order valence-corrected chi connectivity index (χ1v) is 6.36. The molecule has 0 aliphatic heterocycles. The smallest absolute Gasteiger partial charge is 0.310 e. The van der Waals surface area contributed by atoms with E-state index in [-0.39, 0.29) is 0 Å². The fourth-order valence-corrected chi connectivity index (χ4v) is 3.31. The van der Waals surface area contributed by atoms with Crippen molar-refractivity contribution < 1.29 is 14.6 Å². The molecule has 0 aromatic carbocycles. The van der Waals surface area contributed by atoms with E-state index in [2.05, 4.69) is 4.98 Å². The van der Waals surface area contributed by atoms with Crippen LogP contribution in [0.25, 0.3) is 0 Å². The third-order valence-electron chi connectivity index (χ3n) is 4.34. The molecule has 1 aromatic rings. The van der Waals surface area contributed by atoms with Gasteiger partial charge >= 0.3 is 5.97 Å². The van der Waals surface area contributed by atoms with E-state index in [1.165, 1.54) is 6.42 Å². The second kappa shape index (κ2) is 3.97. The van der Waals surface area contributed by atoms with Crippen LogP contribution in [0, 0.1) is 17.3 Å². The van der Waals surface area contributed by atoms with Crippen molar-refractivity contribution in [1.29, 1.82) is 0 Å². The van der Waals surface area contributed by atoms with Crippen LogP contribution in [0.3, 0.4) is 0 Å². The molecule has 1 heterocycles. The molecule has 0 amide bonds. The summed E-state index contributed by atoms with van der Waals surface area (Å²) in [5.74, 6) is 1.17. The third kappa shape index (κ3) is 1.85. The monoisotopic (exact) mass is 247 g/mol. The van der Waals surface area contributed by atoms with Crippen molar-refractivity contribution in [1.82, 2.24) is 4.98 Å². The fraction of sp³-hybridized carbons (Fsp3) is 0.571. The average Bonchev–Trinajstić information content (AvgIpc) is 2.97. The molecule has 0 saturated heterocycles. The summed E-state index contributed by atoms with van der Waals surface area (Å²) in [6.45, 7) is 0. The summed E-state index contributed by atoms with van der Waals surface area (Å²) in [5, 5.41) is 9.53. The molecule has 2 saturated carbocycles. The Morgan fingerprint density at radius 3 is 2.83 bits per heavy atom. The van der Waals surface area contributed by atoms with Crippen LogP contribution in [0.4, 0.5) is 0 Å². The molecular weight excluding hydrogens is 230 g/mol. The van der Waals surface area contributed by atoms with E-state index in [4.69, 9.17) is 4.74 Å². The number of fused-ring (bicyclic) bond motifs is 1. The van der Waals surface area contributed by atoms with Crippen LogP contribution in [0.1, 0.15) is 25.0 Å². The van der Waals surface area contributed by atoms with Crippen molar-refractivity contribution in [2.24, 2.45) is 17.3 Å². The molecule has 2 unspecified atom stereocenters. The molecule has 0 bridgehead atoms. The van der Waals surface area contributed by atoms with Crippen LogP contribution >= 0.6 is 0 Å². The van der Waals surface area contributed by atoms with Gasteiger partial charge in [0.2, 0.25) is 5.88 Å². The lowest BCUT2D eigenvalue weighted by molar-refractivity contribution is -0.149. The van der Waals surface area contributed by atoms with Gasteiger partial charge in [-0.2, -0.15) is 0 Å². The normalized spacial score (nSPS) is 32.9. The van der Waals surface area contributed by atoms with Crippen LogP contribution in [-0.2, 0) is 11.2 Å². The van der Waals surface area contributed by atoms with Gasteiger partial charge in [-0.1, -0.05) is 6.07 Å². The lowest BCUT2D eigenvalue weighted by atomic mass is 9.78. The number of rotatable bonds is 4. The minimum Gasteiger partial charge on any atom is -0.481 e. The van der Waals surface area contributed by atoms with Gasteiger partial charge in [0.15, 0.2) is 0 Å². The molecule has 1 aromatic heterocycles. The molecule has 1 N–H and O–H groups in total. The lowest BCUT2D eigenvalue weighted by Crippen LogP contribution is -2.32. The molecule has 2 atom stereocenters. The Bertz CT molecular complexity index is 476. The number of methoxy groups -OCH3 is 1. The Morgan fingerprint density at radius 1 is 1.50 bits per heavy atom. The zero-order valence-electron chi connectivity index (χ0n) is 10.4. The van der Waals surface area contributed by atoms with Crippen LogP contribution < -0.4 is 4.74 Å². The molecule has 2 aliphatic rings. The quantitative estimate of drug-likeness (QED) is 0.885. The van der Waals surface area contributed by atoms with Crippen LogP contribution in [0.2, 0.25) is 0 Å². The number of aromatic nitrogens is 1. The zero-order chi connectivity index (χ0) is 12.8. The first-order chi connectivity index (χ1) is 8.63. The first kappa shape index (κ1) is 11.5. The van der Waals surface area contributed by atoms with Gasteiger partial charge in [-0.3, -0.25) is 4.79 Å². The Hall–Kier alpha value is -1.58. The van der Waals surface area contributed by atoms with E-state index >= 15 is 0 Å². The SMILES string of the molecule is COc1cccc(CC2(C(=O)O)CC3CC3C2)n1. The van der Waals surface area contributed by atoms with Gasteiger partial charge in [-0.15, -0.1) is 0 Å². The van der Waals surface area contributed by atoms with Crippen molar-refractivity contribution in [2.45, 2.75) is 25.7 Å². The molecule has 96 valence electrons. The zero-order valence-corrected chi connectivity index (χ0v) is 10.4. The van der Waals surface area contributed by atoms with Gasteiger partial charge in [-0.05, 0) is 37.2 Å². The van der Waals surface area contributed by atoms with E-state index in [1.807, 2.05) is 12.1 Å². The molecule has 0 radical (unpaired) electrons. The molecule has 2 fully saturated rings. The van der Waals surface area contributed by atoms with E-state index in [0.717, 1.165) is 18.5 Å². The molecule has 4 nitrogen and oxygen atoms in total. The van der Waals surface area contributed by atoms with E-state index in [9.17, 15) is 9.90 Å². The Morgan fingerprint density at radius 2 is 2.22 bits per heavy atom. The van der Waals surface area contributed by atoms with Gasteiger partial charge in [0, 0.05) is 18.2 Å². The highest BCUT2D eigenvalue weighted by atomic mass is 16.5. The van der Waals surface area contributed by atoms with Gasteiger partial charge in [-0.25, -0.2) is 4.98 Å². The van der Waals surface area contributed by atoms with Crippen molar-refractivity contribution in [3.05, 3.63) is 23.9 Å². The maximum Gasteiger partial charge on any atom is 0.310 e. The molecule has 18 heavy (non-hydrogen) atoms. The maximum atomic E-state index is 11.6. The minimum atomic E-state index is -0.667. The third-order valence-corrected chi connectivity index (χ3v) is 4.34. The van der Waals surface area contributed by atoms with Gasteiger partial charge < -0.3 is 9.84 Å². The van der Waals surface area contributed by atoms with Crippen LogP contribution in [0.5, 0.6) is 5.88 Å². The molecule has 4 heteroatoms. The average molecular weight is 247 g/mol. The minimum absolute atomic E-state index is 0.520. The number of nitrogens with zero attached hydrogens (tertiary/aromatic N) is 1. The lowest BCUT2D eigenvalue weighted by Gasteiger charge is -2.25. The number of pyridine rings is 1. The number of carboxylic acids is 1. The van der Waals surface area contributed by atoms with E-state index < -0.39 is 11.4 Å². The Labute approximate surface area is 106 Å². The number of hydrogen-bond donors (Lipinski definition) is 1. The molecular formula is C14H17NO3. The summed E-state index contributed by atoms with van der Waals surface area (Å²) in [6.07, 6.45) is 3.37. The van der Waals surface area contributed by atoms with Crippen molar-refractivity contribution in [2.75, 3.05) is 7.11 Å². The number of ether oxygens (including phenoxy) is 1. The topological polar surface area (TPSA) is 59.4 Å². The molecule has 3 rings (SSSR count). The van der Waals surface area contributed by atoms with Gasteiger partial charge in [0.1, 0.15) is 0 Å². The summed E-state index contributed by atoms with van der Waals surface area (Å²) < 4.78 is 5.08. The van der Waals surface area contributed by atoms with Gasteiger partial charge in [0.05, 0.1) is 12.5 Å². The fourth-order valence-electron chi connectivity index (χ4n) is 3.31. The maximum absolute atomic E-state index is 11.6. The summed E-state index contributed by atoms with van der Waals surface area (Å²) >= 11 is 0.